The number of carbonyl (C=O) groups excluding carboxylic acids is 1. The van der Waals surface area contributed by atoms with Gasteiger partial charge in [0.05, 0.1) is 0 Å². The predicted molar refractivity (Wildman–Crippen MR) is 77.1 cm³/mol. The molecule has 3 nitrogen and oxygen atoms in total. The molecule has 0 bridgehead atoms. The molecule has 0 unspecified atom stereocenters. The molecule has 1 N–H and O–H groups in total. The van der Waals surface area contributed by atoms with Crippen LogP contribution in [0.25, 0.3) is 10.8 Å². The van der Waals surface area contributed by atoms with Gasteiger partial charge >= 0.3 is 0 Å². The van der Waals surface area contributed by atoms with Crippen molar-refractivity contribution in [3.05, 3.63) is 48.0 Å². The van der Waals surface area contributed by atoms with Gasteiger partial charge < -0.3 is 10.1 Å². The maximum atomic E-state index is 11.5. The fourth-order valence-corrected chi connectivity index (χ4v) is 2.30. The number of hydrogen-bond acceptors (Lipinski definition) is 2. The Bertz CT molecular complexity index is 560. The van der Waals surface area contributed by atoms with Crippen LogP contribution in [-0.2, 0) is 16.0 Å². The number of hydrogen-bond donors (Lipinski definition) is 1. The summed E-state index contributed by atoms with van der Waals surface area (Å²) in [6.45, 7) is 2.12. The molecule has 19 heavy (non-hydrogen) atoms. The zero-order valence-electron chi connectivity index (χ0n) is 11.3. The molecular weight excluding hydrogens is 238 g/mol. The molecule has 0 saturated heterocycles. The fourth-order valence-electron chi connectivity index (χ4n) is 2.30. The van der Waals surface area contributed by atoms with Crippen LogP contribution in [-0.4, -0.2) is 25.7 Å². The highest BCUT2D eigenvalue weighted by atomic mass is 16.5. The molecular formula is C16H19NO2. The topological polar surface area (TPSA) is 38.3 Å². The average molecular weight is 257 g/mol. The molecule has 3 heteroatoms. The zero-order valence-corrected chi connectivity index (χ0v) is 11.3. The number of rotatable bonds is 5. The van der Waals surface area contributed by atoms with Gasteiger partial charge in [-0.25, -0.2) is 0 Å². The third-order valence-corrected chi connectivity index (χ3v) is 3.09. The average Bonchev–Trinajstić information content (AvgIpc) is 2.39. The minimum atomic E-state index is -0.0739. The second kappa shape index (κ2) is 6.34. The van der Waals surface area contributed by atoms with E-state index in [1.807, 2.05) is 19.1 Å². The predicted octanol–water partition coefficient (Wildman–Crippen LogP) is 2.53. The van der Waals surface area contributed by atoms with E-state index in [1.165, 1.54) is 23.4 Å². The van der Waals surface area contributed by atoms with Crippen molar-refractivity contribution in [1.82, 2.24) is 5.32 Å². The van der Waals surface area contributed by atoms with Crippen LogP contribution < -0.4 is 5.32 Å². The van der Waals surface area contributed by atoms with Crippen molar-refractivity contribution in [2.24, 2.45) is 0 Å². The summed E-state index contributed by atoms with van der Waals surface area (Å²) in [4.78, 5) is 11.5. The molecule has 0 fully saturated rings. The molecule has 100 valence electrons. The second-order valence-corrected chi connectivity index (χ2v) is 4.74. The normalized spacial score (nSPS) is 12.3. The Balaban J connectivity index is 2.10. The van der Waals surface area contributed by atoms with Crippen LogP contribution in [0.15, 0.2) is 42.5 Å². The summed E-state index contributed by atoms with van der Waals surface area (Å²) in [5.74, 6) is -0.0739. The third kappa shape index (κ3) is 3.55. The molecule has 0 heterocycles. The van der Waals surface area contributed by atoms with Crippen LogP contribution in [0.2, 0.25) is 0 Å². The van der Waals surface area contributed by atoms with E-state index in [9.17, 15) is 4.79 Å². The van der Waals surface area contributed by atoms with E-state index in [0.717, 1.165) is 6.42 Å². The van der Waals surface area contributed by atoms with Crippen LogP contribution in [0.5, 0.6) is 0 Å². The molecule has 2 rings (SSSR count). The first-order valence-electron chi connectivity index (χ1n) is 6.45. The van der Waals surface area contributed by atoms with Crippen LogP contribution in [0.3, 0.4) is 0 Å². The van der Waals surface area contributed by atoms with Crippen molar-refractivity contribution in [2.45, 2.75) is 19.4 Å². The Morgan fingerprint density at radius 1 is 1.21 bits per heavy atom. The minimum Gasteiger partial charge on any atom is -0.375 e. The molecule has 0 saturated carbocycles. The van der Waals surface area contributed by atoms with Crippen molar-refractivity contribution in [3.8, 4) is 0 Å². The van der Waals surface area contributed by atoms with Gasteiger partial charge in [0.25, 0.3) is 0 Å². The highest BCUT2D eigenvalue weighted by Crippen LogP contribution is 2.19. The lowest BCUT2D eigenvalue weighted by molar-refractivity contribution is -0.125. The van der Waals surface area contributed by atoms with Crippen molar-refractivity contribution >= 4 is 16.7 Å². The molecule has 1 atom stereocenters. The van der Waals surface area contributed by atoms with Crippen LogP contribution in [0.4, 0.5) is 0 Å². The van der Waals surface area contributed by atoms with Crippen molar-refractivity contribution < 1.29 is 9.53 Å². The summed E-state index contributed by atoms with van der Waals surface area (Å²) in [7, 11) is 1.52. The maximum Gasteiger partial charge on any atom is 0.246 e. The molecule has 0 aliphatic rings. The quantitative estimate of drug-likeness (QED) is 0.894. The lowest BCUT2D eigenvalue weighted by Crippen LogP contribution is -2.36. The van der Waals surface area contributed by atoms with Crippen LogP contribution in [0.1, 0.15) is 12.5 Å². The zero-order chi connectivity index (χ0) is 13.7. The summed E-state index contributed by atoms with van der Waals surface area (Å²) in [6, 6.07) is 14.7. The van der Waals surface area contributed by atoms with E-state index in [2.05, 4.69) is 35.6 Å². The second-order valence-electron chi connectivity index (χ2n) is 4.74. The molecule has 0 aromatic heterocycles. The molecule has 0 aliphatic carbocycles. The summed E-state index contributed by atoms with van der Waals surface area (Å²) >= 11 is 0. The van der Waals surface area contributed by atoms with E-state index in [-0.39, 0.29) is 18.6 Å². The summed E-state index contributed by atoms with van der Waals surface area (Å²) < 4.78 is 4.81. The van der Waals surface area contributed by atoms with Gasteiger partial charge in [0.1, 0.15) is 6.61 Å². The van der Waals surface area contributed by atoms with Gasteiger partial charge in [0.2, 0.25) is 5.91 Å². The van der Waals surface area contributed by atoms with E-state index < -0.39 is 0 Å². The fraction of sp³-hybridized carbons (Fsp3) is 0.312. The minimum absolute atomic E-state index is 0.0739. The highest BCUT2D eigenvalue weighted by molar-refractivity contribution is 5.85. The maximum absolute atomic E-state index is 11.5. The molecule has 2 aromatic carbocycles. The van der Waals surface area contributed by atoms with Gasteiger partial charge in [-0.05, 0) is 29.7 Å². The van der Waals surface area contributed by atoms with E-state index in [4.69, 9.17) is 4.74 Å². The lowest BCUT2D eigenvalue weighted by atomic mass is 9.99. The molecule has 0 aliphatic heterocycles. The Hall–Kier alpha value is -1.87. The van der Waals surface area contributed by atoms with Gasteiger partial charge in [0.15, 0.2) is 0 Å². The van der Waals surface area contributed by atoms with Crippen molar-refractivity contribution in [3.63, 3.8) is 0 Å². The van der Waals surface area contributed by atoms with E-state index >= 15 is 0 Å². The van der Waals surface area contributed by atoms with Crippen molar-refractivity contribution in [2.75, 3.05) is 13.7 Å². The van der Waals surface area contributed by atoms with Gasteiger partial charge in [-0.3, -0.25) is 4.79 Å². The number of benzene rings is 2. The highest BCUT2D eigenvalue weighted by Gasteiger charge is 2.09. The summed E-state index contributed by atoms with van der Waals surface area (Å²) in [5.41, 5.74) is 1.25. The number of nitrogens with one attached hydrogen (secondary N) is 1. The number of methoxy groups -OCH3 is 1. The van der Waals surface area contributed by atoms with E-state index in [1.54, 1.807) is 0 Å². The molecule has 0 spiro atoms. The third-order valence-electron chi connectivity index (χ3n) is 3.09. The number of fused-ring (bicyclic) bond motifs is 1. The van der Waals surface area contributed by atoms with E-state index in [0.29, 0.717) is 0 Å². The van der Waals surface area contributed by atoms with Gasteiger partial charge in [-0.15, -0.1) is 0 Å². The monoisotopic (exact) mass is 257 g/mol. The lowest BCUT2D eigenvalue weighted by Gasteiger charge is -2.15. The van der Waals surface area contributed by atoms with Gasteiger partial charge in [0, 0.05) is 13.2 Å². The molecule has 1 amide bonds. The molecule has 0 radical (unpaired) electrons. The smallest absolute Gasteiger partial charge is 0.246 e. The Labute approximate surface area is 113 Å². The Morgan fingerprint density at radius 3 is 2.74 bits per heavy atom. The molecule has 2 aromatic rings. The first kappa shape index (κ1) is 13.6. The number of amides is 1. The van der Waals surface area contributed by atoms with Gasteiger partial charge in [-0.1, -0.05) is 42.5 Å². The van der Waals surface area contributed by atoms with Crippen LogP contribution in [0, 0.1) is 0 Å². The standard InChI is InChI=1S/C16H19NO2/c1-12(17-16(18)11-19-2)10-14-8-5-7-13-6-3-4-9-15(13)14/h3-9,12H,10-11H2,1-2H3,(H,17,18)/t12-/m1/s1. The first-order chi connectivity index (χ1) is 9.20. The number of ether oxygens (including phenoxy) is 1. The largest absolute Gasteiger partial charge is 0.375 e. The van der Waals surface area contributed by atoms with Crippen LogP contribution >= 0.6 is 0 Å². The Morgan fingerprint density at radius 2 is 1.95 bits per heavy atom. The number of carbonyl (C=O) groups is 1. The first-order valence-corrected chi connectivity index (χ1v) is 6.45. The Kier molecular flexibility index (Phi) is 4.53. The summed E-state index contributed by atoms with van der Waals surface area (Å²) in [6.07, 6.45) is 0.816. The SMILES string of the molecule is COCC(=O)N[C@H](C)Cc1cccc2ccccc12. The van der Waals surface area contributed by atoms with Gasteiger partial charge in [-0.2, -0.15) is 0 Å². The van der Waals surface area contributed by atoms with Crippen molar-refractivity contribution in [1.29, 1.82) is 0 Å². The summed E-state index contributed by atoms with van der Waals surface area (Å²) in [5, 5.41) is 5.41.